The molecule has 2 aromatic carbocycles. The molecule has 2 aromatic rings. The van der Waals surface area contributed by atoms with E-state index >= 15 is 0 Å². The Morgan fingerprint density at radius 3 is 2.48 bits per heavy atom. The van der Waals surface area contributed by atoms with Crippen molar-refractivity contribution in [3.63, 3.8) is 0 Å². The maximum atomic E-state index is 13.1. The van der Waals surface area contributed by atoms with E-state index in [-0.39, 0.29) is 36.7 Å². The van der Waals surface area contributed by atoms with Crippen LogP contribution in [0, 0.1) is 5.92 Å². The lowest BCUT2D eigenvalue weighted by Gasteiger charge is -2.26. The van der Waals surface area contributed by atoms with Crippen molar-refractivity contribution in [3.05, 3.63) is 47.5 Å². The van der Waals surface area contributed by atoms with Gasteiger partial charge in [0.1, 0.15) is 19.3 Å². The van der Waals surface area contributed by atoms with Gasteiger partial charge in [-0.1, -0.05) is 26.0 Å². The lowest BCUT2D eigenvalue weighted by molar-refractivity contribution is -0.124. The fraction of sp³-hybridized carbons (Fsp3) is 0.435. The first-order chi connectivity index (χ1) is 15.1. The second-order valence-electron chi connectivity index (χ2n) is 8.38. The molecular weight excluding hydrogens is 398 g/mol. The number of amides is 1. The number of hydrogen-bond acceptors (Lipinski definition) is 7. The summed E-state index contributed by atoms with van der Waals surface area (Å²) in [6.07, 6.45) is 0.636. The van der Waals surface area contributed by atoms with Crippen molar-refractivity contribution >= 4 is 5.91 Å². The normalized spacial score (nSPS) is 22.4. The predicted molar refractivity (Wildman–Crippen MR) is 113 cm³/mol. The lowest BCUT2D eigenvalue weighted by Crippen LogP contribution is -2.45. The van der Waals surface area contributed by atoms with Crippen molar-refractivity contribution in [3.8, 4) is 23.0 Å². The monoisotopic (exact) mass is 425 g/mol. The van der Waals surface area contributed by atoms with Crippen LogP contribution in [0.15, 0.2) is 36.4 Å². The first-order valence-electron chi connectivity index (χ1n) is 10.7. The molecule has 3 unspecified atom stereocenters. The first kappa shape index (κ1) is 20.0. The van der Waals surface area contributed by atoms with Crippen LogP contribution in [0.4, 0.5) is 0 Å². The van der Waals surface area contributed by atoms with Crippen molar-refractivity contribution in [1.29, 1.82) is 0 Å². The molecular formula is C23H27N3O5. The SMILES string of the molecule is CC(C)C(NC(=O)C1CC(c2ccc3c(c2)OCO3)NN1)c1ccc2c(c1)OCCO2. The lowest BCUT2D eigenvalue weighted by atomic mass is 9.94. The Morgan fingerprint density at radius 2 is 1.65 bits per heavy atom. The highest BCUT2D eigenvalue weighted by atomic mass is 16.7. The summed E-state index contributed by atoms with van der Waals surface area (Å²) in [6.45, 7) is 5.53. The first-order valence-corrected chi connectivity index (χ1v) is 10.7. The molecule has 8 nitrogen and oxygen atoms in total. The van der Waals surface area contributed by atoms with Gasteiger partial charge in [0, 0.05) is 6.04 Å². The van der Waals surface area contributed by atoms with E-state index in [1.54, 1.807) is 0 Å². The molecule has 8 heteroatoms. The van der Waals surface area contributed by atoms with Gasteiger partial charge in [0.05, 0.1) is 6.04 Å². The molecule has 0 aliphatic carbocycles. The highest BCUT2D eigenvalue weighted by Gasteiger charge is 2.33. The third-order valence-corrected chi connectivity index (χ3v) is 5.91. The minimum Gasteiger partial charge on any atom is -0.486 e. The van der Waals surface area contributed by atoms with E-state index in [0.29, 0.717) is 19.6 Å². The molecule has 164 valence electrons. The van der Waals surface area contributed by atoms with Crippen LogP contribution >= 0.6 is 0 Å². The molecule has 31 heavy (non-hydrogen) atoms. The van der Waals surface area contributed by atoms with Gasteiger partial charge in [0.25, 0.3) is 0 Å². The summed E-state index contributed by atoms with van der Waals surface area (Å²) in [4.78, 5) is 13.1. The molecule has 0 saturated carbocycles. The summed E-state index contributed by atoms with van der Waals surface area (Å²) in [5.41, 5.74) is 8.43. The van der Waals surface area contributed by atoms with Crippen LogP contribution in [0.1, 0.15) is 43.5 Å². The largest absolute Gasteiger partial charge is 0.486 e. The van der Waals surface area contributed by atoms with Crippen molar-refractivity contribution in [2.45, 2.75) is 38.4 Å². The van der Waals surface area contributed by atoms with Gasteiger partial charge >= 0.3 is 0 Å². The minimum atomic E-state index is -0.339. The Kier molecular flexibility index (Phi) is 5.33. The summed E-state index contributed by atoms with van der Waals surface area (Å²) >= 11 is 0. The zero-order valence-electron chi connectivity index (χ0n) is 17.6. The van der Waals surface area contributed by atoms with E-state index in [4.69, 9.17) is 18.9 Å². The van der Waals surface area contributed by atoms with Gasteiger partial charge in [-0.15, -0.1) is 0 Å². The van der Waals surface area contributed by atoms with Gasteiger partial charge in [-0.25, -0.2) is 10.9 Å². The molecule has 5 rings (SSSR count). The molecule has 3 heterocycles. The molecule has 1 amide bonds. The number of ether oxygens (including phenoxy) is 4. The summed E-state index contributed by atoms with van der Waals surface area (Å²) in [5, 5.41) is 3.21. The highest BCUT2D eigenvalue weighted by molar-refractivity contribution is 5.82. The Balaban J connectivity index is 1.26. The van der Waals surface area contributed by atoms with E-state index in [0.717, 1.165) is 34.1 Å². The fourth-order valence-corrected chi connectivity index (χ4v) is 4.22. The molecule has 3 aliphatic heterocycles. The maximum Gasteiger partial charge on any atom is 0.239 e. The van der Waals surface area contributed by atoms with E-state index in [2.05, 4.69) is 30.0 Å². The average molecular weight is 425 g/mol. The molecule has 0 bridgehead atoms. The van der Waals surface area contributed by atoms with E-state index in [1.807, 2.05) is 36.4 Å². The third-order valence-electron chi connectivity index (χ3n) is 5.91. The molecule has 0 radical (unpaired) electrons. The van der Waals surface area contributed by atoms with Crippen LogP contribution < -0.4 is 35.1 Å². The van der Waals surface area contributed by atoms with Gasteiger partial charge < -0.3 is 24.3 Å². The molecule has 3 N–H and O–H groups in total. The standard InChI is InChI=1S/C23H27N3O5/c1-13(2)22(15-4-6-18-20(10-15)29-8-7-28-18)24-23(27)17-11-16(25-26-17)14-3-5-19-21(9-14)31-12-30-19/h3-6,9-10,13,16-17,22,25-26H,7-8,11-12H2,1-2H3,(H,24,27). The zero-order valence-corrected chi connectivity index (χ0v) is 17.6. The Hall–Kier alpha value is -2.97. The van der Waals surface area contributed by atoms with Gasteiger partial charge in [0.2, 0.25) is 12.7 Å². The van der Waals surface area contributed by atoms with Gasteiger partial charge in [0.15, 0.2) is 23.0 Å². The number of hydrazine groups is 1. The molecule has 1 saturated heterocycles. The van der Waals surface area contributed by atoms with Crippen LogP contribution in [0.25, 0.3) is 0 Å². The third kappa shape index (κ3) is 4.00. The van der Waals surface area contributed by atoms with E-state index in [9.17, 15) is 4.79 Å². The summed E-state index contributed by atoms with van der Waals surface area (Å²) in [7, 11) is 0. The maximum absolute atomic E-state index is 13.1. The number of fused-ring (bicyclic) bond motifs is 2. The summed E-state index contributed by atoms with van der Waals surface area (Å²) in [5.74, 6) is 3.15. The minimum absolute atomic E-state index is 0.0112. The Morgan fingerprint density at radius 1 is 0.935 bits per heavy atom. The van der Waals surface area contributed by atoms with Crippen LogP contribution in [0.5, 0.6) is 23.0 Å². The Bertz CT molecular complexity index is 980. The topological polar surface area (TPSA) is 90.1 Å². The summed E-state index contributed by atoms with van der Waals surface area (Å²) in [6, 6.07) is 11.3. The van der Waals surface area contributed by atoms with Crippen molar-refractivity contribution < 1.29 is 23.7 Å². The quantitative estimate of drug-likeness (QED) is 0.678. The van der Waals surface area contributed by atoms with Crippen LogP contribution in [0.3, 0.4) is 0 Å². The van der Waals surface area contributed by atoms with Crippen LogP contribution in [-0.2, 0) is 4.79 Å². The highest BCUT2D eigenvalue weighted by Crippen LogP contribution is 2.36. The molecule has 1 fully saturated rings. The van der Waals surface area contributed by atoms with Gasteiger partial charge in [-0.3, -0.25) is 4.79 Å². The smallest absolute Gasteiger partial charge is 0.239 e. The Labute approximate surface area is 181 Å². The van der Waals surface area contributed by atoms with Crippen molar-refractivity contribution in [2.24, 2.45) is 5.92 Å². The van der Waals surface area contributed by atoms with Gasteiger partial charge in [-0.2, -0.15) is 0 Å². The number of rotatable bonds is 5. The molecule has 3 aliphatic rings. The summed E-state index contributed by atoms with van der Waals surface area (Å²) < 4.78 is 22.2. The van der Waals surface area contributed by atoms with Crippen LogP contribution in [-0.4, -0.2) is 32.0 Å². The second-order valence-corrected chi connectivity index (χ2v) is 8.38. The number of nitrogens with one attached hydrogen (secondary N) is 3. The molecule has 0 spiro atoms. The van der Waals surface area contributed by atoms with Crippen molar-refractivity contribution in [1.82, 2.24) is 16.2 Å². The average Bonchev–Trinajstić information content (AvgIpc) is 3.46. The zero-order chi connectivity index (χ0) is 21.4. The second kappa shape index (κ2) is 8.28. The van der Waals surface area contributed by atoms with Crippen LogP contribution in [0.2, 0.25) is 0 Å². The fourth-order valence-electron chi connectivity index (χ4n) is 4.22. The van der Waals surface area contributed by atoms with E-state index in [1.165, 1.54) is 0 Å². The number of benzene rings is 2. The van der Waals surface area contributed by atoms with Gasteiger partial charge in [-0.05, 0) is 47.7 Å². The van der Waals surface area contributed by atoms with E-state index < -0.39 is 0 Å². The van der Waals surface area contributed by atoms with Crippen molar-refractivity contribution in [2.75, 3.05) is 20.0 Å². The molecule has 3 atom stereocenters. The number of carbonyl (C=O) groups is 1. The number of carbonyl (C=O) groups excluding carboxylic acids is 1. The molecule has 0 aromatic heterocycles. The number of hydrogen-bond donors (Lipinski definition) is 3. The predicted octanol–water partition coefficient (Wildman–Crippen LogP) is 2.61.